The van der Waals surface area contributed by atoms with E-state index in [-0.39, 0.29) is 0 Å². The second-order valence-corrected chi connectivity index (χ2v) is 9.69. The summed E-state index contributed by atoms with van der Waals surface area (Å²) in [7, 11) is 0. The molecule has 0 radical (unpaired) electrons. The van der Waals surface area contributed by atoms with Gasteiger partial charge in [-0.25, -0.2) is 0 Å². The Kier molecular flexibility index (Phi) is 2.88. The molecule has 0 heterocycles. The van der Waals surface area contributed by atoms with Gasteiger partial charge < -0.3 is 0 Å². The van der Waals surface area contributed by atoms with Gasteiger partial charge in [-0.15, -0.1) is 0 Å². The van der Waals surface area contributed by atoms with E-state index in [0.29, 0.717) is 0 Å². The highest BCUT2D eigenvalue weighted by Crippen LogP contribution is 2.46. The molecule has 0 aromatic heterocycles. The van der Waals surface area contributed by atoms with Gasteiger partial charge in [-0.3, -0.25) is 0 Å². The van der Waals surface area contributed by atoms with Gasteiger partial charge in [-0.05, 0) is 110 Å². The third-order valence-electron chi connectivity index (χ3n) is 8.09. The van der Waals surface area contributed by atoms with Crippen LogP contribution in [0.3, 0.4) is 0 Å². The van der Waals surface area contributed by atoms with Crippen LogP contribution in [-0.4, -0.2) is 0 Å². The average molecular weight is 427 g/mol. The molecule has 34 heavy (non-hydrogen) atoms. The van der Waals surface area contributed by atoms with Crippen molar-refractivity contribution in [3.8, 4) is 0 Å². The fourth-order valence-electron chi connectivity index (χ4n) is 6.70. The van der Waals surface area contributed by atoms with E-state index in [2.05, 4.69) is 109 Å². The van der Waals surface area contributed by atoms with Crippen LogP contribution in [0.15, 0.2) is 109 Å². The highest BCUT2D eigenvalue weighted by molar-refractivity contribution is 6.39. The third kappa shape index (κ3) is 1.89. The Morgan fingerprint density at radius 3 is 1.44 bits per heavy atom. The lowest BCUT2D eigenvalue weighted by Gasteiger charge is -2.07. The molecular formula is C34H18. The first-order chi connectivity index (χ1) is 16.9. The molecule has 0 unspecified atom stereocenters. The van der Waals surface area contributed by atoms with E-state index in [1.54, 1.807) is 0 Å². The summed E-state index contributed by atoms with van der Waals surface area (Å²) in [5.74, 6) is 0. The second kappa shape index (κ2) is 5.73. The van der Waals surface area contributed by atoms with Crippen molar-refractivity contribution in [3.05, 3.63) is 109 Å². The van der Waals surface area contributed by atoms with Crippen LogP contribution >= 0.6 is 0 Å². The van der Waals surface area contributed by atoms with Gasteiger partial charge in [0.15, 0.2) is 0 Å². The molecule has 9 aromatic rings. The van der Waals surface area contributed by atoms with Gasteiger partial charge in [0.25, 0.3) is 0 Å². The van der Waals surface area contributed by atoms with Gasteiger partial charge in [-0.2, -0.15) is 0 Å². The minimum absolute atomic E-state index is 1.31. The maximum absolute atomic E-state index is 2.46. The number of fused-ring (bicyclic) bond motifs is 10. The lowest BCUT2D eigenvalue weighted by Crippen LogP contribution is -1.79. The van der Waals surface area contributed by atoms with E-state index in [1.807, 2.05) is 0 Å². The maximum atomic E-state index is 2.46. The predicted molar refractivity (Wildman–Crippen MR) is 149 cm³/mol. The smallest absolute Gasteiger partial charge is 0.00199 e. The van der Waals surface area contributed by atoms with Crippen molar-refractivity contribution in [2.75, 3.05) is 0 Å². The summed E-state index contributed by atoms with van der Waals surface area (Å²) in [6.45, 7) is 0. The Hall–Kier alpha value is -4.42. The first kappa shape index (κ1) is 17.1. The van der Waals surface area contributed by atoms with Crippen molar-refractivity contribution in [1.29, 1.82) is 0 Å². The zero-order valence-electron chi connectivity index (χ0n) is 18.4. The SMILES string of the molecule is c1ccc2c(c1)cc1c3cc4c(cc3c3cccc2c31)cc1c2ccccc2c2cccc4c21. The molecule has 0 bridgehead atoms. The van der Waals surface area contributed by atoms with Crippen LogP contribution in [0.2, 0.25) is 0 Å². The molecule has 154 valence electrons. The lowest BCUT2D eigenvalue weighted by atomic mass is 9.96. The van der Waals surface area contributed by atoms with Crippen molar-refractivity contribution in [1.82, 2.24) is 0 Å². The molecule has 0 spiro atoms. The van der Waals surface area contributed by atoms with Gasteiger partial charge in [-0.1, -0.05) is 84.9 Å². The number of hydrogen-bond acceptors (Lipinski definition) is 0. The fourth-order valence-corrected chi connectivity index (χ4v) is 6.70. The third-order valence-corrected chi connectivity index (χ3v) is 8.09. The lowest BCUT2D eigenvalue weighted by molar-refractivity contribution is 1.82. The molecule has 0 amide bonds. The quantitative estimate of drug-likeness (QED) is 0.212. The Morgan fingerprint density at radius 2 is 0.676 bits per heavy atom. The van der Waals surface area contributed by atoms with Crippen molar-refractivity contribution < 1.29 is 0 Å². The first-order valence-electron chi connectivity index (χ1n) is 12.0. The monoisotopic (exact) mass is 426 g/mol. The predicted octanol–water partition coefficient (Wildman–Crippen LogP) is 9.79. The molecule has 0 saturated carbocycles. The molecule has 9 aromatic carbocycles. The summed E-state index contributed by atoms with van der Waals surface area (Å²) >= 11 is 0. The largest absolute Gasteiger partial charge is 0.0616 e. The topological polar surface area (TPSA) is 0 Å². The van der Waals surface area contributed by atoms with Crippen LogP contribution < -0.4 is 0 Å². The van der Waals surface area contributed by atoms with Gasteiger partial charge in [0.05, 0.1) is 0 Å². The molecule has 9 rings (SSSR count). The number of rotatable bonds is 0. The standard InChI is InChI=1S/C34H18/c1-2-8-21-19(7-1)15-32-30-18-28-20(16-29(30)27-14-5-11-24(21)33(27)32)17-31-23-10-4-3-9-22(23)25-12-6-13-26(28)34(25)31/h1-18H. The van der Waals surface area contributed by atoms with Crippen molar-refractivity contribution in [3.63, 3.8) is 0 Å². The molecule has 0 aliphatic heterocycles. The normalized spacial score (nSPS) is 12.7. The van der Waals surface area contributed by atoms with Crippen molar-refractivity contribution in [2.24, 2.45) is 0 Å². The van der Waals surface area contributed by atoms with E-state index in [9.17, 15) is 0 Å². The summed E-state index contributed by atoms with van der Waals surface area (Å²) < 4.78 is 0. The van der Waals surface area contributed by atoms with Crippen molar-refractivity contribution >= 4 is 86.2 Å². The molecule has 0 N–H and O–H groups in total. The summed E-state index contributed by atoms with van der Waals surface area (Å²) in [5, 5.41) is 21.7. The fraction of sp³-hybridized carbons (Fsp3) is 0. The van der Waals surface area contributed by atoms with Gasteiger partial charge in [0.1, 0.15) is 0 Å². The number of benzene rings is 7. The molecular weight excluding hydrogens is 408 g/mol. The highest BCUT2D eigenvalue weighted by atomic mass is 14.2. The number of hydrogen-bond donors (Lipinski definition) is 0. The van der Waals surface area contributed by atoms with Crippen molar-refractivity contribution in [2.45, 2.75) is 0 Å². The van der Waals surface area contributed by atoms with E-state index in [0.717, 1.165) is 0 Å². The van der Waals surface area contributed by atoms with E-state index in [4.69, 9.17) is 0 Å². The summed E-state index contributed by atoms with van der Waals surface area (Å²) in [5.41, 5.74) is 0. The summed E-state index contributed by atoms with van der Waals surface area (Å²) in [4.78, 5) is 0. The maximum Gasteiger partial charge on any atom is -0.00199 e. The molecule has 0 saturated heterocycles. The van der Waals surface area contributed by atoms with Crippen LogP contribution in [-0.2, 0) is 0 Å². The molecule has 0 nitrogen and oxygen atoms in total. The van der Waals surface area contributed by atoms with Crippen LogP contribution in [0.1, 0.15) is 0 Å². The Balaban J connectivity index is 1.57. The first-order valence-corrected chi connectivity index (χ1v) is 12.0. The molecule has 0 atom stereocenters. The highest BCUT2D eigenvalue weighted by Gasteiger charge is 2.18. The summed E-state index contributed by atoms with van der Waals surface area (Å²) in [6, 6.07) is 40.9. The van der Waals surface area contributed by atoms with Gasteiger partial charge in [0.2, 0.25) is 0 Å². The Morgan fingerprint density at radius 1 is 0.235 bits per heavy atom. The summed E-state index contributed by atoms with van der Waals surface area (Å²) in [6.07, 6.45) is 0. The van der Waals surface area contributed by atoms with E-state index < -0.39 is 0 Å². The van der Waals surface area contributed by atoms with E-state index in [1.165, 1.54) is 86.2 Å². The Bertz CT molecular complexity index is 2260. The molecule has 0 fully saturated rings. The molecule has 0 heteroatoms. The minimum Gasteiger partial charge on any atom is -0.0616 e. The Labute approximate surface area is 195 Å². The van der Waals surface area contributed by atoms with Crippen LogP contribution in [0.5, 0.6) is 0 Å². The molecule has 0 aliphatic rings. The van der Waals surface area contributed by atoms with Gasteiger partial charge in [0, 0.05) is 0 Å². The van der Waals surface area contributed by atoms with Crippen LogP contribution in [0, 0.1) is 0 Å². The zero-order valence-corrected chi connectivity index (χ0v) is 18.4. The van der Waals surface area contributed by atoms with E-state index >= 15 is 0 Å². The average Bonchev–Trinajstić information content (AvgIpc) is 3.38. The van der Waals surface area contributed by atoms with Crippen LogP contribution in [0.4, 0.5) is 0 Å². The van der Waals surface area contributed by atoms with Gasteiger partial charge >= 0.3 is 0 Å². The van der Waals surface area contributed by atoms with Crippen LogP contribution in [0.25, 0.3) is 86.2 Å². The minimum atomic E-state index is 1.31. The molecule has 0 aliphatic carbocycles. The zero-order chi connectivity index (χ0) is 22.0. The second-order valence-electron chi connectivity index (χ2n) is 9.69.